The largest absolute Gasteiger partial charge is 0.497 e. The SMILES string of the molecule is COc1ccc(C(=O)NC(CO)c2nnc(SCC(=O)Nc3cccc4ccccc34)n2C)cc1. The third kappa shape index (κ3) is 5.61. The van der Waals surface area contributed by atoms with E-state index in [0.29, 0.717) is 22.3 Å². The van der Waals surface area contributed by atoms with Gasteiger partial charge in [-0.3, -0.25) is 9.59 Å². The summed E-state index contributed by atoms with van der Waals surface area (Å²) >= 11 is 1.22. The molecule has 9 nitrogen and oxygen atoms in total. The molecule has 2 amide bonds. The lowest BCUT2D eigenvalue weighted by atomic mass is 10.1. The molecule has 35 heavy (non-hydrogen) atoms. The summed E-state index contributed by atoms with van der Waals surface area (Å²) < 4.78 is 6.76. The monoisotopic (exact) mass is 491 g/mol. The number of hydrogen-bond acceptors (Lipinski definition) is 7. The molecule has 180 valence electrons. The van der Waals surface area contributed by atoms with Crippen molar-refractivity contribution in [2.24, 2.45) is 7.05 Å². The predicted molar refractivity (Wildman–Crippen MR) is 135 cm³/mol. The average molecular weight is 492 g/mol. The first kappa shape index (κ1) is 24.2. The van der Waals surface area contributed by atoms with E-state index in [9.17, 15) is 14.7 Å². The number of aromatic nitrogens is 3. The van der Waals surface area contributed by atoms with E-state index in [0.717, 1.165) is 16.5 Å². The molecular formula is C25H25N5O4S. The maximum Gasteiger partial charge on any atom is 0.251 e. The molecule has 1 heterocycles. The summed E-state index contributed by atoms with van der Waals surface area (Å²) in [5.74, 6) is 0.601. The first-order valence-electron chi connectivity index (χ1n) is 10.9. The highest BCUT2D eigenvalue weighted by atomic mass is 32.2. The number of amides is 2. The molecule has 3 N–H and O–H groups in total. The first-order chi connectivity index (χ1) is 17.0. The van der Waals surface area contributed by atoms with Gasteiger partial charge in [0.25, 0.3) is 5.91 Å². The molecule has 0 fully saturated rings. The van der Waals surface area contributed by atoms with Gasteiger partial charge < -0.3 is 25.0 Å². The minimum atomic E-state index is -0.763. The van der Waals surface area contributed by atoms with Crippen LogP contribution in [-0.2, 0) is 11.8 Å². The van der Waals surface area contributed by atoms with Crippen molar-refractivity contribution in [3.8, 4) is 5.75 Å². The van der Waals surface area contributed by atoms with Gasteiger partial charge in [-0.25, -0.2) is 0 Å². The van der Waals surface area contributed by atoms with Gasteiger partial charge in [-0.2, -0.15) is 0 Å². The van der Waals surface area contributed by atoms with Crippen molar-refractivity contribution in [3.05, 3.63) is 78.1 Å². The average Bonchev–Trinajstić information content (AvgIpc) is 3.26. The zero-order valence-corrected chi connectivity index (χ0v) is 20.1. The maximum atomic E-state index is 12.6. The number of benzene rings is 3. The molecular weight excluding hydrogens is 466 g/mol. The Morgan fingerprint density at radius 3 is 2.54 bits per heavy atom. The summed E-state index contributed by atoms with van der Waals surface area (Å²) in [4.78, 5) is 25.2. The Hall–Kier alpha value is -3.89. The van der Waals surface area contributed by atoms with Crippen LogP contribution >= 0.6 is 11.8 Å². The number of hydrogen-bond donors (Lipinski definition) is 3. The summed E-state index contributed by atoms with van der Waals surface area (Å²) in [6.45, 7) is -0.361. The van der Waals surface area contributed by atoms with Crippen molar-refractivity contribution >= 4 is 40.0 Å². The van der Waals surface area contributed by atoms with Gasteiger partial charge in [0, 0.05) is 23.7 Å². The quantitative estimate of drug-likeness (QED) is 0.308. The molecule has 3 aromatic carbocycles. The van der Waals surface area contributed by atoms with Gasteiger partial charge in [0.05, 0.1) is 19.5 Å². The van der Waals surface area contributed by atoms with Crippen LogP contribution in [0.1, 0.15) is 22.2 Å². The lowest BCUT2D eigenvalue weighted by Crippen LogP contribution is -2.32. The van der Waals surface area contributed by atoms with E-state index in [1.54, 1.807) is 43.0 Å². The molecule has 0 radical (unpaired) electrons. The Balaban J connectivity index is 1.39. The van der Waals surface area contributed by atoms with Gasteiger partial charge in [-0.15, -0.1) is 10.2 Å². The number of nitrogens with zero attached hydrogens (tertiary/aromatic N) is 3. The molecule has 10 heteroatoms. The number of ether oxygens (including phenoxy) is 1. The number of fused-ring (bicyclic) bond motifs is 1. The topological polar surface area (TPSA) is 118 Å². The zero-order chi connectivity index (χ0) is 24.8. The fraction of sp³-hybridized carbons (Fsp3) is 0.200. The smallest absolute Gasteiger partial charge is 0.251 e. The Morgan fingerprint density at radius 1 is 1.06 bits per heavy atom. The van der Waals surface area contributed by atoms with Gasteiger partial charge in [0.1, 0.15) is 11.8 Å². The summed E-state index contributed by atoms with van der Waals surface area (Å²) in [7, 11) is 3.27. The summed E-state index contributed by atoms with van der Waals surface area (Å²) in [5, 5.41) is 26.3. The molecule has 0 bridgehead atoms. The molecule has 1 unspecified atom stereocenters. The third-order valence-corrected chi connectivity index (χ3v) is 6.44. The van der Waals surface area contributed by atoms with E-state index < -0.39 is 6.04 Å². The van der Waals surface area contributed by atoms with E-state index in [2.05, 4.69) is 20.8 Å². The molecule has 1 aromatic heterocycles. The second kappa shape index (κ2) is 11.0. The Morgan fingerprint density at radius 2 is 1.80 bits per heavy atom. The summed E-state index contributed by atoms with van der Waals surface area (Å²) in [5.41, 5.74) is 1.17. The highest BCUT2D eigenvalue weighted by Crippen LogP contribution is 2.24. The van der Waals surface area contributed by atoms with Gasteiger partial charge in [-0.05, 0) is 35.7 Å². The third-order valence-electron chi connectivity index (χ3n) is 5.42. The molecule has 4 aromatic rings. The van der Waals surface area contributed by atoms with Crippen molar-refractivity contribution in [2.75, 3.05) is 24.8 Å². The van der Waals surface area contributed by atoms with Crippen LogP contribution in [-0.4, -0.2) is 51.2 Å². The molecule has 0 aliphatic heterocycles. The van der Waals surface area contributed by atoms with Crippen LogP contribution in [0, 0.1) is 0 Å². The van der Waals surface area contributed by atoms with Crippen LogP contribution in [0.3, 0.4) is 0 Å². The van der Waals surface area contributed by atoms with Crippen LogP contribution < -0.4 is 15.4 Å². The number of methoxy groups -OCH3 is 1. The standard InChI is InChI=1S/C25H25N5O4S/c1-30-23(21(14-31)27-24(33)17-10-12-18(34-2)13-11-17)28-29-25(30)35-15-22(32)26-20-9-5-7-16-6-3-4-8-19(16)20/h3-13,21,31H,14-15H2,1-2H3,(H,26,32)(H,27,33). The van der Waals surface area contributed by atoms with Crippen LogP contribution in [0.15, 0.2) is 71.9 Å². The number of thioether (sulfide) groups is 1. The van der Waals surface area contributed by atoms with E-state index in [1.165, 1.54) is 11.8 Å². The van der Waals surface area contributed by atoms with Crippen LogP contribution in [0.25, 0.3) is 10.8 Å². The molecule has 0 spiro atoms. The van der Waals surface area contributed by atoms with Gasteiger partial charge in [0.2, 0.25) is 5.91 Å². The second-order valence-electron chi connectivity index (χ2n) is 7.70. The minimum absolute atomic E-state index is 0.122. The minimum Gasteiger partial charge on any atom is -0.497 e. The van der Waals surface area contributed by atoms with E-state index in [1.807, 2.05) is 42.5 Å². The molecule has 0 saturated heterocycles. The number of aliphatic hydroxyl groups is 1. The van der Waals surface area contributed by atoms with Gasteiger partial charge >= 0.3 is 0 Å². The molecule has 0 aliphatic rings. The normalized spacial score (nSPS) is 11.7. The first-order valence-corrected chi connectivity index (χ1v) is 11.8. The van der Waals surface area contributed by atoms with Crippen molar-refractivity contribution < 1.29 is 19.4 Å². The summed E-state index contributed by atoms with van der Waals surface area (Å²) in [6.07, 6.45) is 0. The van der Waals surface area contributed by atoms with Crippen molar-refractivity contribution in [3.63, 3.8) is 0 Å². The van der Waals surface area contributed by atoms with Crippen molar-refractivity contribution in [2.45, 2.75) is 11.2 Å². The molecule has 0 saturated carbocycles. The highest BCUT2D eigenvalue weighted by molar-refractivity contribution is 7.99. The molecule has 1 atom stereocenters. The van der Waals surface area contributed by atoms with E-state index in [4.69, 9.17) is 4.74 Å². The van der Waals surface area contributed by atoms with Gasteiger partial charge in [0.15, 0.2) is 11.0 Å². The van der Waals surface area contributed by atoms with Crippen molar-refractivity contribution in [1.29, 1.82) is 0 Å². The van der Waals surface area contributed by atoms with Crippen LogP contribution in [0.5, 0.6) is 5.75 Å². The Bertz CT molecular complexity index is 1330. The second-order valence-corrected chi connectivity index (χ2v) is 8.64. The van der Waals surface area contributed by atoms with Crippen LogP contribution in [0.2, 0.25) is 0 Å². The lowest BCUT2D eigenvalue weighted by Gasteiger charge is -2.16. The number of carbonyl (C=O) groups is 2. The predicted octanol–water partition coefficient (Wildman–Crippen LogP) is 3.17. The molecule has 0 aliphatic carbocycles. The number of anilines is 1. The zero-order valence-electron chi connectivity index (χ0n) is 19.3. The van der Waals surface area contributed by atoms with E-state index >= 15 is 0 Å². The fourth-order valence-electron chi connectivity index (χ4n) is 3.58. The Kier molecular flexibility index (Phi) is 7.64. The number of aliphatic hydroxyl groups excluding tert-OH is 1. The summed E-state index contributed by atoms with van der Waals surface area (Å²) in [6, 6.07) is 19.5. The fourth-order valence-corrected chi connectivity index (χ4v) is 4.30. The van der Waals surface area contributed by atoms with Crippen molar-refractivity contribution in [1.82, 2.24) is 20.1 Å². The highest BCUT2D eigenvalue weighted by Gasteiger charge is 2.22. The molecule has 4 rings (SSSR count). The lowest BCUT2D eigenvalue weighted by molar-refractivity contribution is -0.113. The maximum absolute atomic E-state index is 12.6. The number of carbonyl (C=O) groups excluding carboxylic acids is 2. The number of rotatable bonds is 9. The van der Waals surface area contributed by atoms with Gasteiger partial charge in [-0.1, -0.05) is 48.2 Å². The van der Waals surface area contributed by atoms with E-state index in [-0.39, 0.29) is 24.2 Å². The number of nitrogens with one attached hydrogen (secondary N) is 2. The Labute approximate surface area is 206 Å². The van der Waals surface area contributed by atoms with Crippen LogP contribution in [0.4, 0.5) is 5.69 Å².